The fourth-order valence-corrected chi connectivity index (χ4v) is 2.02. The van der Waals surface area contributed by atoms with Crippen LogP contribution >= 0.6 is 0 Å². The highest BCUT2D eigenvalue weighted by Gasteiger charge is 2.23. The molecule has 88 valence electrons. The van der Waals surface area contributed by atoms with Gasteiger partial charge in [0.25, 0.3) is 0 Å². The predicted octanol–water partition coefficient (Wildman–Crippen LogP) is 2.33. The van der Waals surface area contributed by atoms with E-state index in [9.17, 15) is 4.39 Å². The molecule has 2 rings (SSSR count). The summed E-state index contributed by atoms with van der Waals surface area (Å²) >= 11 is 0. The summed E-state index contributed by atoms with van der Waals surface area (Å²) in [6.07, 6.45) is 0.906. The van der Waals surface area contributed by atoms with Gasteiger partial charge in [0.1, 0.15) is 0 Å². The van der Waals surface area contributed by atoms with E-state index in [1.54, 1.807) is 12.1 Å². The van der Waals surface area contributed by atoms with Gasteiger partial charge in [-0.25, -0.2) is 4.39 Å². The van der Waals surface area contributed by atoms with Crippen molar-refractivity contribution >= 4 is 0 Å². The van der Waals surface area contributed by atoms with Crippen LogP contribution in [-0.2, 0) is 6.42 Å². The van der Waals surface area contributed by atoms with E-state index in [2.05, 4.69) is 18.9 Å². The number of rotatable bonds is 4. The van der Waals surface area contributed by atoms with E-state index in [0.717, 1.165) is 25.1 Å². The van der Waals surface area contributed by atoms with Gasteiger partial charge in [0.05, 0.1) is 6.61 Å². The maximum atomic E-state index is 13.4. The van der Waals surface area contributed by atoms with Crippen LogP contribution in [-0.4, -0.2) is 31.6 Å². The second-order valence-electron chi connectivity index (χ2n) is 4.52. The van der Waals surface area contributed by atoms with E-state index in [4.69, 9.17) is 4.74 Å². The molecule has 16 heavy (non-hydrogen) atoms. The van der Waals surface area contributed by atoms with E-state index in [1.807, 2.05) is 0 Å². The van der Waals surface area contributed by atoms with Crippen LogP contribution in [0.1, 0.15) is 12.5 Å². The normalized spacial score (nSPS) is 17.2. The molecule has 1 fully saturated rings. The van der Waals surface area contributed by atoms with Crippen molar-refractivity contribution in [3.63, 3.8) is 0 Å². The number of likely N-dealkylation sites (tertiary alicyclic amines) is 1. The number of benzene rings is 1. The third-order valence-electron chi connectivity index (χ3n) is 3.02. The van der Waals surface area contributed by atoms with Crippen LogP contribution in [0.15, 0.2) is 18.2 Å². The number of halogens is 1. The minimum atomic E-state index is -0.259. The van der Waals surface area contributed by atoms with E-state index >= 15 is 0 Å². The summed E-state index contributed by atoms with van der Waals surface area (Å²) in [5.41, 5.74) is 1.11. The van der Waals surface area contributed by atoms with Crippen LogP contribution in [0.25, 0.3) is 0 Å². The van der Waals surface area contributed by atoms with Crippen molar-refractivity contribution in [3.05, 3.63) is 29.6 Å². The number of nitrogens with zero attached hydrogens (tertiary/aromatic N) is 1. The van der Waals surface area contributed by atoms with Gasteiger partial charge >= 0.3 is 0 Å². The molecule has 0 N–H and O–H groups in total. The fourth-order valence-electron chi connectivity index (χ4n) is 2.02. The van der Waals surface area contributed by atoms with Crippen LogP contribution in [0.4, 0.5) is 4.39 Å². The van der Waals surface area contributed by atoms with E-state index in [0.29, 0.717) is 18.3 Å². The van der Waals surface area contributed by atoms with E-state index in [1.165, 1.54) is 6.07 Å². The second kappa shape index (κ2) is 4.83. The second-order valence-corrected chi connectivity index (χ2v) is 4.52. The number of hydrogen-bond donors (Lipinski definition) is 0. The smallest absolute Gasteiger partial charge is 0.165 e. The molecule has 1 heterocycles. The Bertz CT molecular complexity index is 361. The number of aryl methyl sites for hydroxylation is 1. The molecular weight excluding hydrogens is 205 g/mol. The Morgan fingerprint density at radius 1 is 1.44 bits per heavy atom. The maximum Gasteiger partial charge on any atom is 0.165 e. The number of ether oxygens (including phenoxy) is 1. The van der Waals surface area contributed by atoms with Gasteiger partial charge in [-0.3, -0.25) is 0 Å². The average molecular weight is 223 g/mol. The summed E-state index contributed by atoms with van der Waals surface area (Å²) in [5, 5.41) is 0. The minimum Gasteiger partial charge on any atom is -0.490 e. The Morgan fingerprint density at radius 3 is 2.81 bits per heavy atom. The molecule has 0 spiro atoms. The summed E-state index contributed by atoms with van der Waals surface area (Å²) in [7, 11) is 2.08. The van der Waals surface area contributed by atoms with Crippen molar-refractivity contribution < 1.29 is 9.13 Å². The molecule has 0 atom stereocenters. The van der Waals surface area contributed by atoms with Gasteiger partial charge in [0.2, 0.25) is 0 Å². The molecular formula is C13H18FNO. The lowest BCUT2D eigenvalue weighted by Crippen LogP contribution is -2.46. The highest BCUT2D eigenvalue weighted by molar-refractivity contribution is 5.30. The fraction of sp³-hybridized carbons (Fsp3) is 0.538. The van der Waals surface area contributed by atoms with Gasteiger partial charge in [-0.2, -0.15) is 0 Å². The highest BCUT2D eigenvalue weighted by atomic mass is 19.1. The standard InChI is InChI=1S/C13H18FNO/c1-3-10-4-5-12(14)13(6-10)16-9-11-7-15(2)8-11/h4-6,11H,3,7-9H2,1-2H3. The summed E-state index contributed by atoms with van der Waals surface area (Å²) in [6.45, 7) is 4.77. The number of hydrogen-bond acceptors (Lipinski definition) is 2. The largest absolute Gasteiger partial charge is 0.490 e. The van der Waals surface area contributed by atoms with Crippen LogP contribution < -0.4 is 4.74 Å². The van der Waals surface area contributed by atoms with Gasteiger partial charge in [0, 0.05) is 19.0 Å². The summed E-state index contributed by atoms with van der Waals surface area (Å²) in [4.78, 5) is 2.23. The van der Waals surface area contributed by atoms with Gasteiger partial charge in [0.15, 0.2) is 11.6 Å². The first kappa shape index (κ1) is 11.4. The van der Waals surface area contributed by atoms with E-state index < -0.39 is 0 Å². The molecule has 1 saturated heterocycles. The van der Waals surface area contributed by atoms with E-state index in [-0.39, 0.29) is 5.82 Å². The van der Waals surface area contributed by atoms with Crippen LogP contribution in [0.3, 0.4) is 0 Å². The zero-order valence-corrected chi connectivity index (χ0v) is 9.87. The maximum absolute atomic E-state index is 13.4. The molecule has 0 unspecified atom stereocenters. The quantitative estimate of drug-likeness (QED) is 0.776. The molecule has 0 aromatic heterocycles. The van der Waals surface area contributed by atoms with Crippen molar-refractivity contribution in [3.8, 4) is 5.75 Å². The first-order valence-corrected chi connectivity index (χ1v) is 5.78. The molecule has 1 aromatic carbocycles. The first-order valence-electron chi connectivity index (χ1n) is 5.78. The van der Waals surface area contributed by atoms with Crippen molar-refractivity contribution in [2.45, 2.75) is 13.3 Å². The zero-order valence-electron chi connectivity index (χ0n) is 9.87. The molecule has 1 aliphatic heterocycles. The molecule has 0 bridgehead atoms. The van der Waals surface area contributed by atoms with Crippen molar-refractivity contribution in [1.82, 2.24) is 4.90 Å². The van der Waals surface area contributed by atoms with Crippen LogP contribution in [0.2, 0.25) is 0 Å². The van der Waals surface area contributed by atoms with Gasteiger partial charge in [-0.15, -0.1) is 0 Å². The molecule has 3 heteroatoms. The Hall–Kier alpha value is -1.09. The van der Waals surface area contributed by atoms with Crippen molar-refractivity contribution in [1.29, 1.82) is 0 Å². The molecule has 0 saturated carbocycles. The van der Waals surface area contributed by atoms with Crippen LogP contribution in [0, 0.1) is 11.7 Å². The molecule has 2 nitrogen and oxygen atoms in total. The lowest BCUT2D eigenvalue weighted by atomic mass is 10.0. The van der Waals surface area contributed by atoms with Crippen molar-refractivity contribution in [2.75, 3.05) is 26.7 Å². The zero-order chi connectivity index (χ0) is 11.5. The summed E-state index contributed by atoms with van der Waals surface area (Å²) in [5.74, 6) is 0.688. The molecule has 1 aliphatic rings. The minimum absolute atomic E-state index is 0.259. The Balaban J connectivity index is 1.92. The third kappa shape index (κ3) is 2.53. The summed E-state index contributed by atoms with van der Waals surface area (Å²) < 4.78 is 18.9. The van der Waals surface area contributed by atoms with Crippen molar-refractivity contribution in [2.24, 2.45) is 5.92 Å². The van der Waals surface area contributed by atoms with Gasteiger partial charge in [-0.05, 0) is 31.2 Å². The summed E-state index contributed by atoms with van der Waals surface area (Å²) in [6, 6.07) is 5.10. The lowest BCUT2D eigenvalue weighted by molar-refractivity contribution is 0.0840. The Kier molecular flexibility index (Phi) is 3.44. The lowest BCUT2D eigenvalue weighted by Gasteiger charge is -2.35. The monoisotopic (exact) mass is 223 g/mol. The SMILES string of the molecule is CCc1ccc(F)c(OCC2CN(C)C2)c1. The molecule has 0 radical (unpaired) electrons. The first-order chi connectivity index (χ1) is 7.69. The van der Waals surface area contributed by atoms with Gasteiger partial charge < -0.3 is 9.64 Å². The Morgan fingerprint density at radius 2 is 2.19 bits per heavy atom. The highest BCUT2D eigenvalue weighted by Crippen LogP contribution is 2.21. The molecule has 0 amide bonds. The molecule has 0 aliphatic carbocycles. The van der Waals surface area contributed by atoms with Gasteiger partial charge in [-0.1, -0.05) is 13.0 Å². The third-order valence-corrected chi connectivity index (χ3v) is 3.02. The topological polar surface area (TPSA) is 12.5 Å². The molecule has 1 aromatic rings. The predicted molar refractivity (Wildman–Crippen MR) is 62.3 cm³/mol. The van der Waals surface area contributed by atoms with Crippen LogP contribution in [0.5, 0.6) is 5.75 Å². The average Bonchev–Trinajstić information content (AvgIpc) is 2.25. The Labute approximate surface area is 96.0 Å².